The minimum Gasteiger partial charge on any atom is -0.399 e. The van der Waals surface area contributed by atoms with E-state index in [-0.39, 0.29) is 0 Å². The molecule has 1 unspecified atom stereocenters. The van der Waals surface area contributed by atoms with Gasteiger partial charge in [0, 0.05) is 10.6 Å². The van der Waals surface area contributed by atoms with Crippen molar-refractivity contribution in [2.75, 3.05) is 5.73 Å². The van der Waals surface area contributed by atoms with Crippen molar-refractivity contribution in [3.05, 3.63) is 24.3 Å². The van der Waals surface area contributed by atoms with Crippen molar-refractivity contribution in [2.45, 2.75) is 16.8 Å². The van der Waals surface area contributed by atoms with Crippen LogP contribution in [-0.2, 0) is 4.79 Å². The number of carbonyl (C=O) groups excluding carboxylic acids is 1. The van der Waals surface area contributed by atoms with Crippen LogP contribution < -0.4 is 5.73 Å². The Morgan fingerprint density at radius 1 is 1.62 bits per heavy atom. The summed E-state index contributed by atoms with van der Waals surface area (Å²) >= 11 is 1.07. The molecule has 1 rings (SSSR count). The van der Waals surface area contributed by atoms with E-state index in [4.69, 9.17) is 5.73 Å². The molecule has 4 heteroatoms. The van der Waals surface area contributed by atoms with Crippen LogP contribution in [0.2, 0.25) is 0 Å². The lowest BCUT2D eigenvalue weighted by atomic mass is 10.3. The number of benzene rings is 1. The highest BCUT2D eigenvalue weighted by Gasteiger charge is 2.20. The molecule has 0 saturated heterocycles. The fourth-order valence-corrected chi connectivity index (χ4v) is 1.71. The maximum absolute atomic E-state index is 10.4. The first-order valence-corrected chi connectivity index (χ1v) is 4.58. The number of nitrogens with two attached hydrogens (primary N) is 1. The Morgan fingerprint density at radius 2 is 2.31 bits per heavy atom. The molecule has 0 aliphatic heterocycles. The van der Waals surface area contributed by atoms with Gasteiger partial charge in [-0.15, -0.1) is 0 Å². The van der Waals surface area contributed by atoms with Gasteiger partial charge >= 0.3 is 0 Å². The molecule has 0 amide bonds. The molecule has 0 aromatic heterocycles. The van der Waals surface area contributed by atoms with Gasteiger partial charge in [0.1, 0.15) is 0 Å². The van der Waals surface area contributed by atoms with Crippen LogP contribution in [0.4, 0.5) is 5.69 Å². The van der Waals surface area contributed by atoms with E-state index in [0.717, 1.165) is 16.7 Å². The fourth-order valence-electron chi connectivity index (χ4n) is 0.841. The van der Waals surface area contributed by atoms with Crippen molar-refractivity contribution in [2.24, 2.45) is 0 Å². The zero-order valence-electron chi connectivity index (χ0n) is 7.23. The van der Waals surface area contributed by atoms with E-state index in [0.29, 0.717) is 12.0 Å². The van der Waals surface area contributed by atoms with Crippen LogP contribution in [0.15, 0.2) is 29.2 Å². The van der Waals surface area contributed by atoms with Crippen LogP contribution in [0.25, 0.3) is 0 Å². The maximum Gasteiger partial charge on any atom is 0.167 e. The zero-order valence-corrected chi connectivity index (χ0v) is 8.04. The standard InChI is InChI=1S/C9H11NO2S/c1-9(12,6-11)13-8-4-2-3-7(10)5-8/h2-6,12H,10H2,1H3. The second-order valence-electron chi connectivity index (χ2n) is 2.85. The highest BCUT2D eigenvalue weighted by molar-refractivity contribution is 8.01. The summed E-state index contributed by atoms with van der Waals surface area (Å²) in [4.78, 5) is 9.81. The number of rotatable bonds is 3. The van der Waals surface area contributed by atoms with Crippen molar-refractivity contribution in [1.82, 2.24) is 0 Å². The summed E-state index contributed by atoms with van der Waals surface area (Å²) in [5.74, 6) is 0. The van der Waals surface area contributed by atoms with Gasteiger partial charge in [-0.05, 0) is 25.1 Å². The quantitative estimate of drug-likeness (QED) is 0.331. The molecular weight excluding hydrogens is 186 g/mol. The highest BCUT2D eigenvalue weighted by Crippen LogP contribution is 2.29. The third-order valence-electron chi connectivity index (χ3n) is 1.40. The Labute approximate surface area is 80.9 Å². The molecule has 0 heterocycles. The van der Waals surface area contributed by atoms with E-state index in [2.05, 4.69) is 0 Å². The van der Waals surface area contributed by atoms with Crippen LogP contribution in [0, 0.1) is 0 Å². The molecule has 0 fully saturated rings. The van der Waals surface area contributed by atoms with Crippen molar-refractivity contribution in [1.29, 1.82) is 0 Å². The van der Waals surface area contributed by atoms with E-state index in [1.165, 1.54) is 6.92 Å². The Hall–Kier alpha value is -1.00. The number of anilines is 1. The van der Waals surface area contributed by atoms with Crippen LogP contribution >= 0.6 is 11.8 Å². The second-order valence-corrected chi connectivity index (χ2v) is 4.35. The predicted octanol–water partition coefficient (Wildman–Crippen LogP) is 1.27. The molecule has 0 saturated carbocycles. The van der Waals surface area contributed by atoms with Gasteiger partial charge in [-0.3, -0.25) is 4.79 Å². The first-order valence-electron chi connectivity index (χ1n) is 3.77. The minimum atomic E-state index is -1.38. The average molecular weight is 197 g/mol. The normalized spacial score (nSPS) is 14.9. The van der Waals surface area contributed by atoms with Crippen LogP contribution in [-0.4, -0.2) is 16.3 Å². The molecule has 0 aliphatic rings. The lowest BCUT2D eigenvalue weighted by Gasteiger charge is -2.14. The monoisotopic (exact) mass is 197 g/mol. The Morgan fingerprint density at radius 3 is 2.85 bits per heavy atom. The molecule has 13 heavy (non-hydrogen) atoms. The average Bonchev–Trinajstić information content (AvgIpc) is 2.03. The number of carbonyl (C=O) groups is 1. The zero-order chi connectivity index (χ0) is 9.90. The largest absolute Gasteiger partial charge is 0.399 e. The molecule has 1 aromatic carbocycles. The van der Waals surface area contributed by atoms with Crippen LogP contribution in [0.3, 0.4) is 0 Å². The van der Waals surface area contributed by atoms with Crippen molar-refractivity contribution < 1.29 is 9.90 Å². The smallest absolute Gasteiger partial charge is 0.167 e. The van der Waals surface area contributed by atoms with Crippen molar-refractivity contribution in [3.63, 3.8) is 0 Å². The summed E-state index contributed by atoms with van der Waals surface area (Å²) in [6, 6.07) is 7.03. The topological polar surface area (TPSA) is 63.3 Å². The fraction of sp³-hybridized carbons (Fsp3) is 0.222. The summed E-state index contributed by atoms with van der Waals surface area (Å²) in [7, 11) is 0. The van der Waals surface area contributed by atoms with E-state index in [9.17, 15) is 9.90 Å². The summed E-state index contributed by atoms with van der Waals surface area (Å²) in [6.45, 7) is 1.44. The maximum atomic E-state index is 10.4. The second kappa shape index (κ2) is 3.81. The van der Waals surface area contributed by atoms with Gasteiger partial charge < -0.3 is 10.8 Å². The van der Waals surface area contributed by atoms with Gasteiger partial charge in [0.2, 0.25) is 0 Å². The lowest BCUT2D eigenvalue weighted by molar-refractivity contribution is -0.116. The number of thioether (sulfide) groups is 1. The third-order valence-corrected chi connectivity index (χ3v) is 2.40. The number of hydrogen-bond donors (Lipinski definition) is 2. The van der Waals surface area contributed by atoms with Gasteiger partial charge in [-0.2, -0.15) is 0 Å². The summed E-state index contributed by atoms with van der Waals surface area (Å²) in [6.07, 6.45) is 0.501. The highest BCUT2D eigenvalue weighted by atomic mass is 32.2. The number of aliphatic hydroxyl groups is 1. The first-order chi connectivity index (χ1) is 6.03. The van der Waals surface area contributed by atoms with Gasteiger partial charge in [-0.1, -0.05) is 17.8 Å². The predicted molar refractivity (Wildman–Crippen MR) is 53.4 cm³/mol. The Bertz CT molecular complexity index is 312. The molecular formula is C9H11NO2S. The molecule has 0 spiro atoms. The molecule has 1 atom stereocenters. The minimum absolute atomic E-state index is 0.501. The molecule has 0 bridgehead atoms. The Kier molecular flexibility index (Phi) is 2.95. The summed E-state index contributed by atoms with van der Waals surface area (Å²) in [5.41, 5.74) is 6.15. The molecule has 3 N–H and O–H groups in total. The number of aldehydes is 1. The first kappa shape index (κ1) is 10.1. The summed E-state index contributed by atoms with van der Waals surface area (Å²) < 4.78 is 0. The number of hydrogen-bond acceptors (Lipinski definition) is 4. The molecule has 3 nitrogen and oxygen atoms in total. The van der Waals surface area contributed by atoms with Gasteiger partial charge in [-0.25, -0.2) is 0 Å². The van der Waals surface area contributed by atoms with Gasteiger partial charge in [0.05, 0.1) is 0 Å². The Balaban J connectivity index is 2.80. The van der Waals surface area contributed by atoms with Crippen LogP contribution in [0.1, 0.15) is 6.92 Å². The van der Waals surface area contributed by atoms with Crippen molar-refractivity contribution in [3.8, 4) is 0 Å². The molecule has 0 aliphatic carbocycles. The number of nitrogen functional groups attached to an aromatic ring is 1. The lowest BCUT2D eigenvalue weighted by Crippen LogP contribution is -2.20. The SMILES string of the molecule is CC(O)(C=O)Sc1cccc(N)c1. The third kappa shape index (κ3) is 3.08. The van der Waals surface area contributed by atoms with E-state index in [1.807, 2.05) is 0 Å². The van der Waals surface area contributed by atoms with Gasteiger partial charge in [0.15, 0.2) is 11.2 Å². The molecule has 1 aromatic rings. The van der Waals surface area contributed by atoms with E-state index < -0.39 is 4.93 Å². The summed E-state index contributed by atoms with van der Waals surface area (Å²) in [5, 5.41) is 9.42. The molecule has 70 valence electrons. The van der Waals surface area contributed by atoms with Crippen molar-refractivity contribution >= 4 is 23.7 Å². The van der Waals surface area contributed by atoms with Crippen LogP contribution in [0.5, 0.6) is 0 Å². The van der Waals surface area contributed by atoms with E-state index in [1.54, 1.807) is 24.3 Å². The molecule has 0 radical (unpaired) electrons. The van der Waals surface area contributed by atoms with E-state index >= 15 is 0 Å². The van der Waals surface area contributed by atoms with Gasteiger partial charge in [0.25, 0.3) is 0 Å².